The molecule has 66 valence electrons. The van der Waals surface area contributed by atoms with Gasteiger partial charge in [0.05, 0.1) is 12.2 Å². The number of hydrogen-bond acceptors (Lipinski definition) is 2. The minimum atomic E-state index is 0.628. The number of allylic oxidation sites excluding steroid dienone is 5. The molecule has 0 unspecified atom stereocenters. The summed E-state index contributed by atoms with van der Waals surface area (Å²) in [5.74, 6) is 0. The third kappa shape index (κ3) is 2.67. The first-order valence-corrected chi connectivity index (χ1v) is 4.06. The Hall–Kier alpha value is -1.70. The fourth-order valence-corrected chi connectivity index (χ4v) is 0.934. The monoisotopic (exact) mass is 172 g/mol. The third-order valence-electron chi connectivity index (χ3n) is 1.55. The van der Waals surface area contributed by atoms with Gasteiger partial charge in [0.15, 0.2) is 0 Å². The Balaban J connectivity index is 3.02. The van der Waals surface area contributed by atoms with E-state index in [0.717, 1.165) is 11.3 Å². The minimum absolute atomic E-state index is 0.628. The fraction of sp³-hybridized carbons (Fsp3) is 0.0909. The van der Waals surface area contributed by atoms with E-state index in [1.54, 1.807) is 24.6 Å². The standard InChI is InChI=1S/C11H12N2/c1-3-5-6-11-10(4-2)9-12-7-8-13-11/h3-6,8-9H,1-2,7H2/b6-5-. The van der Waals surface area contributed by atoms with Gasteiger partial charge in [0.2, 0.25) is 0 Å². The van der Waals surface area contributed by atoms with E-state index in [-0.39, 0.29) is 0 Å². The van der Waals surface area contributed by atoms with Gasteiger partial charge in [-0.2, -0.15) is 0 Å². The summed E-state index contributed by atoms with van der Waals surface area (Å²) in [6.07, 6.45) is 10.7. The van der Waals surface area contributed by atoms with Crippen LogP contribution in [0.1, 0.15) is 0 Å². The zero-order valence-corrected chi connectivity index (χ0v) is 7.48. The van der Waals surface area contributed by atoms with Crippen LogP contribution in [0.5, 0.6) is 0 Å². The van der Waals surface area contributed by atoms with Gasteiger partial charge >= 0.3 is 0 Å². The summed E-state index contributed by atoms with van der Waals surface area (Å²) in [5.41, 5.74) is 1.81. The van der Waals surface area contributed by atoms with Crippen LogP contribution in [-0.2, 0) is 0 Å². The normalized spacial score (nSPS) is 16.3. The van der Waals surface area contributed by atoms with Gasteiger partial charge in [-0.25, -0.2) is 0 Å². The fourth-order valence-electron chi connectivity index (χ4n) is 0.934. The average Bonchev–Trinajstić information content (AvgIpc) is 2.39. The Morgan fingerprint density at radius 2 is 2.23 bits per heavy atom. The Bertz CT molecular complexity index is 317. The third-order valence-corrected chi connectivity index (χ3v) is 1.55. The molecule has 1 aliphatic rings. The van der Waals surface area contributed by atoms with Gasteiger partial charge in [-0.3, -0.25) is 9.98 Å². The molecule has 0 aromatic heterocycles. The topological polar surface area (TPSA) is 24.7 Å². The maximum atomic E-state index is 4.24. The average molecular weight is 172 g/mol. The molecule has 0 saturated heterocycles. The molecule has 0 bridgehead atoms. The molecule has 0 N–H and O–H groups in total. The van der Waals surface area contributed by atoms with E-state index in [1.807, 2.05) is 12.2 Å². The van der Waals surface area contributed by atoms with E-state index >= 15 is 0 Å². The highest BCUT2D eigenvalue weighted by atomic mass is 14.8. The summed E-state index contributed by atoms with van der Waals surface area (Å²) in [6, 6.07) is 0. The van der Waals surface area contributed by atoms with Crippen LogP contribution >= 0.6 is 0 Å². The van der Waals surface area contributed by atoms with Crippen LogP contribution in [0.25, 0.3) is 0 Å². The zero-order chi connectivity index (χ0) is 9.52. The molecule has 1 heterocycles. The van der Waals surface area contributed by atoms with E-state index in [4.69, 9.17) is 0 Å². The highest BCUT2D eigenvalue weighted by Crippen LogP contribution is 2.09. The van der Waals surface area contributed by atoms with Crippen molar-refractivity contribution in [3.05, 3.63) is 48.7 Å². The molecule has 2 nitrogen and oxygen atoms in total. The van der Waals surface area contributed by atoms with Crippen molar-refractivity contribution in [2.75, 3.05) is 6.54 Å². The van der Waals surface area contributed by atoms with Crippen molar-refractivity contribution in [1.82, 2.24) is 0 Å². The van der Waals surface area contributed by atoms with Crippen LogP contribution in [0.15, 0.2) is 58.7 Å². The molecule has 0 fully saturated rings. The van der Waals surface area contributed by atoms with E-state index in [9.17, 15) is 0 Å². The van der Waals surface area contributed by atoms with Crippen LogP contribution in [0.3, 0.4) is 0 Å². The van der Waals surface area contributed by atoms with Crippen LogP contribution in [0.4, 0.5) is 0 Å². The first-order chi connectivity index (χ1) is 6.38. The van der Waals surface area contributed by atoms with Crippen LogP contribution in [0.2, 0.25) is 0 Å². The Labute approximate surface area is 78.4 Å². The summed E-state index contributed by atoms with van der Waals surface area (Å²) in [4.78, 5) is 8.36. The minimum Gasteiger partial charge on any atom is -0.287 e. The SMILES string of the molecule is C=C/C=C\C1=C(C=C)C=NCC=N1. The molecule has 0 spiro atoms. The molecule has 0 radical (unpaired) electrons. The van der Waals surface area contributed by atoms with Gasteiger partial charge < -0.3 is 0 Å². The number of nitrogens with zero attached hydrogens (tertiary/aromatic N) is 2. The molecular weight excluding hydrogens is 160 g/mol. The lowest BCUT2D eigenvalue weighted by Gasteiger charge is -1.95. The number of rotatable bonds is 3. The van der Waals surface area contributed by atoms with E-state index in [0.29, 0.717) is 6.54 Å². The lowest BCUT2D eigenvalue weighted by Crippen LogP contribution is -1.83. The second kappa shape index (κ2) is 5.04. The predicted octanol–water partition coefficient (Wildman–Crippen LogP) is 2.32. The lowest BCUT2D eigenvalue weighted by atomic mass is 10.2. The Morgan fingerprint density at radius 1 is 1.38 bits per heavy atom. The molecule has 0 aromatic rings. The van der Waals surface area contributed by atoms with Crippen LogP contribution in [0, 0.1) is 0 Å². The van der Waals surface area contributed by atoms with Gasteiger partial charge in [0.1, 0.15) is 0 Å². The first-order valence-electron chi connectivity index (χ1n) is 4.06. The maximum absolute atomic E-state index is 4.24. The molecule has 1 aliphatic heterocycles. The van der Waals surface area contributed by atoms with E-state index in [2.05, 4.69) is 23.1 Å². The summed E-state index contributed by atoms with van der Waals surface area (Å²) in [5, 5.41) is 0. The largest absolute Gasteiger partial charge is 0.287 e. The summed E-state index contributed by atoms with van der Waals surface area (Å²) in [7, 11) is 0. The molecular formula is C11H12N2. The second-order valence-corrected chi connectivity index (χ2v) is 2.45. The van der Waals surface area contributed by atoms with Crippen molar-refractivity contribution in [3.8, 4) is 0 Å². The molecule has 0 atom stereocenters. The molecule has 2 heteroatoms. The summed E-state index contributed by atoms with van der Waals surface area (Å²) in [6.45, 7) is 7.93. The molecule has 0 aliphatic carbocycles. The van der Waals surface area contributed by atoms with Gasteiger partial charge in [-0.15, -0.1) is 0 Å². The number of aliphatic imine (C=N–C) groups is 2. The Morgan fingerprint density at radius 3 is 2.92 bits per heavy atom. The predicted molar refractivity (Wildman–Crippen MR) is 58.4 cm³/mol. The van der Waals surface area contributed by atoms with Crippen molar-refractivity contribution in [3.63, 3.8) is 0 Å². The smallest absolute Gasteiger partial charge is 0.0742 e. The van der Waals surface area contributed by atoms with Crippen molar-refractivity contribution < 1.29 is 0 Å². The van der Waals surface area contributed by atoms with Crippen LogP contribution in [-0.4, -0.2) is 19.0 Å². The van der Waals surface area contributed by atoms with E-state index in [1.165, 1.54) is 0 Å². The first kappa shape index (κ1) is 9.39. The van der Waals surface area contributed by atoms with Gasteiger partial charge in [-0.1, -0.05) is 31.4 Å². The molecule has 0 aromatic carbocycles. The molecule has 1 rings (SSSR count). The van der Waals surface area contributed by atoms with Crippen molar-refractivity contribution in [2.24, 2.45) is 9.98 Å². The molecule has 0 amide bonds. The van der Waals surface area contributed by atoms with Gasteiger partial charge in [-0.05, 0) is 6.08 Å². The number of hydrogen-bond donors (Lipinski definition) is 0. The molecule has 0 saturated carbocycles. The highest BCUT2D eigenvalue weighted by Gasteiger charge is 1.97. The maximum Gasteiger partial charge on any atom is 0.0742 e. The summed E-state index contributed by atoms with van der Waals surface area (Å²) >= 11 is 0. The summed E-state index contributed by atoms with van der Waals surface area (Å²) < 4.78 is 0. The van der Waals surface area contributed by atoms with Crippen molar-refractivity contribution >= 4 is 12.4 Å². The lowest BCUT2D eigenvalue weighted by molar-refractivity contribution is 1.33. The zero-order valence-electron chi connectivity index (χ0n) is 7.48. The Kier molecular flexibility index (Phi) is 3.64. The van der Waals surface area contributed by atoms with Gasteiger partial charge in [0.25, 0.3) is 0 Å². The van der Waals surface area contributed by atoms with Gasteiger partial charge in [0, 0.05) is 18.0 Å². The quantitative estimate of drug-likeness (QED) is 0.584. The van der Waals surface area contributed by atoms with Crippen LogP contribution < -0.4 is 0 Å². The van der Waals surface area contributed by atoms with Crippen molar-refractivity contribution in [2.45, 2.75) is 0 Å². The molecule has 13 heavy (non-hydrogen) atoms. The van der Waals surface area contributed by atoms with E-state index < -0.39 is 0 Å². The highest BCUT2D eigenvalue weighted by molar-refractivity contribution is 5.87. The second-order valence-electron chi connectivity index (χ2n) is 2.45. The van der Waals surface area contributed by atoms with Crippen molar-refractivity contribution in [1.29, 1.82) is 0 Å².